The second-order valence-corrected chi connectivity index (χ2v) is 9.15. The van der Waals surface area contributed by atoms with Gasteiger partial charge in [0.05, 0.1) is 18.1 Å². The molecule has 2 aliphatic heterocycles. The summed E-state index contributed by atoms with van der Waals surface area (Å²) in [5.41, 5.74) is 1.70. The molecule has 0 N–H and O–H groups in total. The van der Waals surface area contributed by atoms with E-state index < -0.39 is 9.84 Å². The fraction of sp³-hybridized carbons (Fsp3) is 0.611. The van der Waals surface area contributed by atoms with Crippen LogP contribution in [0.2, 0.25) is 0 Å². The molecule has 2 fully saturated rings. The standard InChI is InChI=1S/C18H26N2O4S/c1-24-14-15-3-2-4-16(13-15)18(21)20-7-5-17(6-8-20)19-9-11-25(22,23)12-10-19/h2-4,13,17H,5-12,14H2,1H3. The van der Waals surface area contributed by atoms with Crippen LogP contribution in [0.1, 0.15) is 28.8 Å². The lowest BCUT2D eigenvalue weighted by molar-refractivity contribution is 0.0629. The molecule has 0 atom stereocenters. The van der Waals surface area contributed by atoms with Crippen LogP contribution < -0.4 is 0 Å². The van der Waals surface area contributed by atoms with Crippen LogP contribution in [-0.2, 0) is 21.2 Å². The smallest absolute Gasteiger partial charge is 0.253 e. The first-order valence-corrected chi connectivity index (χ1v) is 10.6. The minimum atomic E-state index is -2.84. The number of sulfone groups is 1. The van der Waals surface area contributed by atoms with Crippen LogP contribution in [0.15, 0.2) is 24.3 Å². The lowest BCUT2D eigenvalue weighted by Gasteiger charge is -2.40. The molecule has 3 rings (SSSR count). The third-order valence-electron chi connectivity index (χ3n) is 5.13. The number of carbonyl (C=O) groups excluding carboxylic acids is 1. The summed E-state index contributed by atoms with van der Waals surface area (Å²) in [6, 6.07) is 7.98. The van der Waals surface area contributed by atoms with Crippen LogP contribution in [0.3, 0.4) is 0 Å². The van der Waals surface area contributed by atoms with Gasteiger partial charge >= 0.3 is 0 Å². The number of benzene rings is 1. The second kappa shape index (κ2) is 7.85. The molecule has 0 saturated carbocycles. The molecule has 1 amide bonds. The Morgan fingerprint density at radius 1 is 1.16 bits per heavy atom. The van der Waals surface area contributed by atoms with Crippen molar-refractivity contribution in [2.75, 3.05) is 44.8 Å². The molecule has 0 bridgehead atoms. The molecule has 0 radical (unpaired) electrons. The maximum Gasteiger partial charge on any atom is 0.253 e. The monoisotopic (exact) mass is 366 g/mol. The zero-order valence-corrected chi connectivity index (χ0v) is 15.5. The number of piperidine rings is 1. The molecule has 7 heteroatoms. The van der Waals surface area contributed by atoms with Crippen molar-refractivity contribution in [3.05, 3.63) is 35.4 Å². The average molecular weight is 366 g/mol. The Hall–Kier alpha value is -1.44. The number of hydrogen-bond acceptors (Lipinski definition) is 5. The number of methoxy groups -OCH3 is 1. The highest BCUT2D eigenvalue weighted by Gasteiger charge is 2.31. The Morgan fingerprint density at radius 2 is 1.84 bits per heavy atom. The van der Waals surface area contributed by atoms with Gasteiger partial charge in [0.1, 0.15) is 0 Å². The molecule has 25 heavy (non-hydrogen) atoms. The maximum atomic E-state index is 12.7. The van der Waals surface area contributed by atoms with Gasteiger partial charge in [-0.1, -0.05) is 12.1 Å². The SMILES string of the molecule is COCc1cccc(C(=O)N2CCC(N3CCS(=O)(=O)CC3)CC2)c1. The topological polar surface area (TPSA) is 66.9 Å². The van der Waals surface area contributed by atoms with Crippen LogP contribution in [0.5, 0.6) is 0 Å². The van der Waals surface area contributed by atoms with Gasteiger partial charge in [0, 0.05) is 44.9 Å². The number of likely N-dealkylation sites (tertiary alicyclic amines) is 1. The van der Waals surface area contributed by atoms with Crippen molar-refractivity contribution in [2.24, 2.45) is 0 Å². The first-order chi connectivity index (χ1) is 12.0. The van der Waals surface area contributed by atoms with E-state index in [0.717, 1.165) is 31.5 Å². The Balaban J connectivity index is 1.55. The largest absolute Gasteiger partial charge is 0.380 e. The van der Waals surface area contributed by atoms with Gasteiger partial charge in [-0.25, -0.2) is 8.42 Å². The molecular weight excluding hydrogens is 340 g/mol. The first kappa shape index (κ1) is 18.4. The number of rotatable bonds is 4. The third kappa shape index (κ3) is 4.59. The van der Waals surface area contributed by atoms with Gasteiger partial charge < -0.3 is 9.64 Å². The van der Waals surface area contributed by atoms with Crippen molar-refractivity contribution >= 4 is 15.7 Å². The molecule has 2 heterocycles. The zero-order valence-electron chi connectivity index (χ0n) is 14.7. The van der Waals surface area contributed by atoms with Crippen molar-refractivity contribution in [1.29, 1.82) is 0 Å². The predicted octanol–water partition coefficient (Wildman–Crippen LogP) is 1.17. The number of hydrogen-bond donors (Lipinski definition) is 0. The van der Waals surface area contributed by atoms with Crippen LogP contribution in [-0.4, -0.2) is 75.0 Å². The van der Waals surface area contributed by atoms with Crippen molar-refractivity contribution in [2.45, 2.75) is 25.5 Å². The number of ether oxygens (including phenoxy) is 1. The van der Waals surface area contributed by atoms with Gasteiger partial charge in [-0.15, -0.1) is 0 Å². The number of carbonyl (C=O) groups is 1. The molecule has 0 unspecified atom stereocenters. The summed E-state index contributed by atoms with van der Waals surface area (Å²) in [6.45, 7) is 3.20. The van der Waals surface area contributed by atoms with Gasteiger partial charge in [-0.3, -0.25) is 9.69 Å². The Bertz CT molecular complexity index is 698. The van der Waals surface area contributed by atoms with E-state index in [9.17, 15) is 13.2 Å². The summed E-state index contributed by atoms with van der Waals surface area (Å²) < 4.78 is 28.3. The summed E-state index contributed by atoms with van der Waals surface area (Å²) in [4.78, 5) is 16.9. The summed E-state index contributed by atoms with van der Waals surface area (Å²) in [5, 5.41) is 0. The van der Waals surface area contributed by atoms with Crippen molar-refractivity contribution < 1.29 is 17.9 Å². The van der Waals surface area contributed by atoms with Crippen molar-refractivity contribution in [1.82, 2.24) is 9.80 Å². The highest BCUT2D eigenvalue weighted by Crippen LogP contribution is 2.21. The molecule has 1 aromatic carbocycles. The van der Waals surface area contributed by atoms with E-state index in [-0.39, 0.29) is 17.4 Å². The lowest BCUT2D eigenvalue weighted by Crippen LogP contribution is -2.51. The van der Waals surface area contributed by atoms with E-state index in [0.29, 0.717) is 31.3 Å². The highest BCUT2D eigenvalue weighted by molar-refractivity contribution is 7.91. The predicted molar refractivity (Wildman–Crippen MR) is 96.3 cm³/mol. The fourth-order valence-electron chi connectivity index (χ4n) is 3.67. The van der Waals surface area contributed by atoms with Crippen molar-refractivity contribution in [3.63, 3.8) is 0 Å². The summed E-state index contributed by atoms with van der Waals surface area (Å²) in [5.74, 6) is 0.592. The van der Waals surface area contributed by atoms with Gasteiger partial charge in [0.25, 0.3) is 5.91 Å². The molecule has 2 saturated heterocycles. The third-order valence-corrected chi connectivity index (χ3v) is 6.74. The molecule has 2 aliphatic rings. The Kier molecular flexibility index (Phi) is 5.76. The van der Waals surface area contributed by atoms with Crippen LogP contribution >= 0.6 is 0 Å². The Morgan fingerprint density at radius 3 is 2.48 bits per heavy atom. The van der Waals surface area contributed by atoms with E-state index in [1.54, 1.807) is 7.11 Å². The molecule has 0 spiro atoms. The van der Waals surface area contributed by atoms with Crippen molar-refractivity contribution in [3.8, 4) is 0 Å². The van der Waals surface area contributed by atoms with Crippen LogP contribution in [0.25, 0.3) is 0 Å². The molecular formula is C18H26N2O4S. The van der Waals surface area contributed by atoms with Gasteiger partial charge in [-0.2, -0.15) is 0 Å². The Labute approximate surface area is 149 Å². The van der Waals surface area contributed by atoms with Crippen LogP contribution in [0, 0.1) is 0 Å². The number of amides is 1. The van der Waals surface area contributed by atoms with Gasteiger partial charge in [-0.05, 0) is 30.5 Å². The molecule has 138 valence electrons. The minimum absolute atomic E-state index is 0.0672. The van der Waals surface area contributed by atoms with E-state index in [2.05, 4.69) is 4.90 Å². The maximum absolute atomic E-state index is 12.7. The molecule has 1 aromatic rings. The molecule has 0 aromatic heterocycles. The second-order valence-electron chi connectivity index (χ2n) is 6.84. The first-order valence-electron chi connectivity index (χ1n) is 8.80. The summed E-state index contributed by atoms with van der Waals surface area (Å²) in [7, 11) is -1.20. The lowest BCUT2D eigenvalue weighted by atomic mass is 10.0. The van der Waals surface area contributed by atoms with Gasteiger partial charge in [0.15, 0.2) is 9.84 Å². The zero-order chi connectivity index (χ0) is 17.9. The van der Waals surface area contributed by atoms with E-state index in [4.69, 9.17) is 4.74 Å². The van der Waals surface area contributed by atoms with Crippen LogP contribution in [0.4, 0.5) is 0 Å². The average Bonchev–Trinajstić information content (AvgIpc) is 2.62. The molecule has 0 aliphatic carbocycles. The van der Waals surface area contributed by atoms with E-state index >= 15 is 0 Å². The summed E-state index contributed by atoms with van der Waals surface area (Å²) in [6.07, 6.45) is 1.81. The minimum Gasteiger partial charge on any atom is -0.380 e. The fourth-order valence-corrected chi connectivity index (χ4v) is 4.90. The quantitative estimate of drug-likeness (QED) is 0.800. The van der Waals surface area contributed by atoms with E-state index in [1.165, 1.54) is 0 Å². The summed E-state index contributed by atoms with van der Waals surface area (Å²) >= 11 is 0. The number of nitrogens with zero attached hydrogens (tertiary/aromatic N) is 2. The van der Waals surface area contributed by atoms with Gasteiger partial charge in [0.2, 0.25) is 0 Å². The normalized spacial score (nSPS) is 22.0. The van der Waals surface area contributed by atoms with E-state index in [1.807, 2.05) is 29.2 Å². The highest BCUT2D eigenvalue weighted by atomic mass is 32.2. The molecule has 6 nitrogen and oxygen atoms in total.